The fourth-order valence-corrected chi connectivity index (χ4v) is 5.18. The van der Waals surface area contributed by atoms with Gasteiger partial charge in [0.1, 0.15) is 0 Å². The van der Waals surface area contributed by atoms with Gasteiger partial charge in [0.25, 0.3) is 5.91 Å². The fraction of sp³-hybridized carbons (Fsp3) is 0.435. The summed E-state index contributed by atoms with van der Waals surface area (Å²) >= 11 is 7.13. The molecule has 3 rings (SSSR count). The number of hydrogen-bond donors (Lipinski definition) is 2. The van der Waals surface area contributed by atoms with Gasteiger partial charge >= 0.3 is 0 Å². The Labute approximate surface area is 207 Å². The van der Waals surface area contributed by atoms with Crippen LogP contribution >= 0.6 is 44.3 Å². The Morgan fingerprint density at radius 1 is 1.10 bits per heavy atom. The van der Waals surface area contributed by atoms with E-state index in [1.54, 1.807) is 19.2 Å². The Morgan fingerprint density at radius 2 is 1.81 bits per heavy atom. The molecule has 8 heteroatoms. The molecule has 0 radical (unpaired) electrons. The van der Waals surface area contributed by atoms with Crippen molar-refractivity contribution in [1.82, 2.24) is 5.32 Å². The minimum Gasteiger partial charge on any atom is -0.493 e. The maximum absolute atomic E-state index is 12.6. The van der Waals surface area contributed by atoms with Gasteiger partial charge in [-0.2, -0.15) is 0 Å². The van der Waals surface area contributed by atoms with E-state index < -0.39 is 0 Å². The van der Waals surface area contributed by atoms with Crippen molar-refractivity contribution >= 4 is 55.9 Å². The maximum Gasteiger partial charge on any atom is 0.262 e. The highest BCUT2D eigenvalue weighted by atomic mass is 79.9. The summed E-state index contributed by atoms with van der Waals surface area (Å²) in [6.45, 7) is 1.60. The number of methoxy groups -OCH3 is 1. The largest absolute Gasteiger partial charge is 0.493 e. The second-order valence-electron chi connectivity index (χ2n) is 7.54. The topological polar surface area (TPSA) is 59.6 Å². The van der Waals surface area contributed by atoms with Gasteiger partial charge in [-0.1, -0.05) is 47.3 Å². The molecule has 0 aliphatic heterocycles. The highest BCUT2D eigenvalue weighted by molar-refractivity contribution is 9.11. The van der Waals surface area contributed by atoms with E-state index in [0.29, 0.717) is 18.0 Å². The molecule has 0 aromatic heterocycles. The lowest BCUT2D eigenvalue weighted by atomic mass is 9.89. The van der Waals surface area contributed by atoms with Gasteiger partial charge in [-0.25, -0.2) is 0 Å². The molecule has 2 aromatic carbocycles. The summed E-state index contributed by atoms with van der Waals surface area (Å²) in [4.78, 5) is 12.6. The van der Waals surface area contributed by atoms with Crippen LogP contribution in [0.2, 0.25) is 0 Å². The number of ether oxygens (including phenoxy) is 2. The first-order valence-electron chi connectivity index (χ1n) is 10.3. The SMILES string of the molecule is COc1ccccc1OCC(=O)Nc1c(Br)cc(Br)cc1CNCC1CCCCC1.Cl. The van der Waals surface area contributed by atoms with E-state index in [4.69, 9.17) is 9.47 Å². The maximum atomic E-state index is 12.6. The van der Waals surface area contributed by atoms with E-state index in [1.807, 2.05) is 24.3 Å². The predicted octanol–water partition coefficient (Wildman–Crippen LogP) is 6.33. The number of rotatable bonds is 9. The summed E-state index contributed by atoms with van der Waals surface area (Å²) in [5.74, 6) is 1.67. The number of nitrogens with one attached hydrogen (secondary N) is 2. The lowest BCUT2D eigenvalue weighted by molar-refractivity contribution is -0.118. The monoisotopic (exact) mass is 574 g/mol. The lowest BCUT2D eigenvalue weighted by Gasteiger charge is -2.22. The van der Waals surface area contributed by atoms with Crippen LogP contribution in [0.4, 0.5) is 5.69 Å². The van der Waals surface area contributed by atoms with Crippen molar-refractivity contribution in [3.05, 3.63) is 50.9 Å². The van der Waals surface area contributed by atoms with Crippen molar-refractivity contribution in [2.45, 2.75) is 38.6 Å². The van der Waals surface area contributed by atoms with Crippen LogP contribution in [0.15, 0.2) is 45.3 Å². The van der Waals surface area contributed by atoms with Gasteiger partial charge in [-0.15, -0.1) is 12.4 Å². The molecule has 0 saturated heterocycles. The van der Waals surface area contributed by atoms with E-state index in [2.05, 4.69) is 42.5 Å². The fourth-order valence-electron chi connectivity index (χ4n) is 3.77. The molecule has 0 heterocycles. The first kappa shape index (κ1) is 26.0. The summed E-state index contributed by atoms with van der Waals surface area (Å²) in [5, 5.41) is 6.56. The molecule has 2 aromatic rings. The number of halogens is 3. The van der Waals surface area contributed by atoms with E-state index in [-0.39, 0.29) is 24.9 Å². The van der Waals surface area contributed by atoms with Crippen LogP contribution < -0.4 is 20.1 Å². The van der Waals surface area contributed by atoms with Gasteiger partial charge in [-0.3, -0.25) is 4.79 Å². The Balaban J connectivity index is 0.00000341. The molecular formula is C23H29Br2ClN2O3. The second-order valence-corrected chi connectivity index (χ2v) is 9.31. The van der Waals surface area contributed by atoms with Crippen LogP contribution in [-0.4, -0.2) is 26.2 Å². The third-order valence-corrected chi connectivity index (χ3v) is 6.39. The minimum atomic E-state index is -0.225. The van der Waals surface area contributed by atoms with Crippen molar-refractivity contribution in [1.29, 1.82) is 0 Å². The third kappa shape index (κ3) is 7.97. The zero-order chi connectivity index (χ0) is 21.3. The van der Waals surface area contributed by atoms with Crippen LogP contribution in [-0.2, 0) is 11.3 Å². The molecule has 0 spiro atoms. The summed E-state index contributed by atoms with van der Waals surface area (Å²) in [6, 6.07) is 11.3. The summed E-state index contributed by atoms with van der Waals surface area (Å²) < 4.78 is 12.7. The number of benzene rings is 2. The average Bonchev–Trinajstić information content (AvgIpc) is 2.75. The zero-order valence-electron chi connectivity index (χ0n) is 17.6. The molecule has 170 valence electrons. The Bertz CT molecular complexity index is 861. The molecule has 0 atom stereocenters. The highest BCUT2D eigenvalue weighted by Gasteiger charge is 2.16. The molecule has 1 aliphatic rings. The van der Waals surface area contributed by atoms with E-state index in [1.165, 1.54) is 32.1 Å². The number of amides is 1. The van der Waals surface area contributed by atoms with Crippen molar-refractivity contribution in [2.75, 3.05) is 25.6 Å². The van der Waals surface area contributed by atoms with Crippen molar-refractivity contribution in [3.8, 4) is 11.5 Å². The van der Waals surface area contributed by atoms with Crippen LogP contribution in [0.3, 0.4) is 0 Å². The van der Waals surface area contributed by atoms with E-state index >= 15 is 0 Å². The van der Waals surface area contributed by atoms with Gasteiger partial charge < -0.3 is 20.1 Å². The van der Waals surface area contributed by atoms with Crippen molar-refractivity contribution in [3.63, 3.8) is 0 Å². The van der Waals surface area contributed by atoms with E-state index in [9.17, 15) is 4.79 Å². The number of carbonyl (C=O) groups is 1. The zero-order valence-corrected chi connectivity index (χ0v) is 21.6. The van der Waals surface area contributed by atoms with Crippen molar-refractivity contribution < 1.29 is 14.3 Å². The number of carbonyl (C=O) groups excluding carboxylic acids is 1. The first-order chi connectivity index (χ1) is 14.6. The average molecular weight is 577 g/mol. The van der Waals surface area contributed by atoms with Crippen LogP contribution in [0.1, 0.15) is 37.7 Å². The van der Waals surface area contributed by atoms with Crippen LogP contribution in [0.5, 0.6) is 11.5 Å². The predicted molar refractivity (Wildman–Crippen MR) is 134 cm³/mol. The highest BCUT2D eigenvalue weighted by Crippen LogP contribution is 2.31. The summed E-state index contributed by atoms with van der Waals surface area (Å²) in [5.41, 5.74) is 1.79. The molecule has 1 amide bonds. The number of hydrogen-bond acceptors (Lipinski definition) is 4. The van der Waals surface area contributed by atoms with Gasteiger partial charge in [0.2, 0.25) is 0 Å². The molecule has 0 bridgehead atoms. The summed E-state index contributed by atoms with van der Waals surface area (Å²) in [7, 11) is 1.58. The van der Waals surface area contributed by atoms with Crippen LogP contribution in [0.25, 0.3) is 0 Å². The van der Waals surface area contributed by atoms with E-state index in [0.717, 1.165) is 32.7 Å². The molecule has 31 heavy (non-hydrogen) atoms. The first-order valence-corrected chi connectivity index (χ1v) is 11.9. The quantitative estimate of drug-likeness (QED) is 0.366. The minimum absolute atomic E-state index is 0. The standard InChI is InChI=1S/C23H28Br2N2O3.ClH/c1-29-20-9-5-6-10-21(20)30-15-22(28)27-23-17(11-18(24)12-19(23)25)14-26-13-16-7-3-2-4-8-16;/h5-6,9-12,16,26H,2-4,7-8,13-15H2,1H3,(H,27,28);1H. The van der Waals surface area contributed by atoms with Gasteiger partial charge in [0.05, 0.1) is 12.8 Å². The Kier molecular flexibility index (Phi) is 11.2. The second kappa shape index (κ2) is 13.3. The van der Waals surface area contributed by atoms with Gasteiger partial charge in [0, 0.05) is 15.5 Å². The molecule has 5 nitrogen and oxygen atoms in total. The van der Waals surface area contributed by atoms with Crippen molar-refractivity contribution in [2.24, 2.45) is 5.92 Å². The Hall–Kier alpha value is -1.28. The number of para-hydroxylation sites is 2. The molecular weight excluding hydrogens is 548 g/mol. The smallest absolute Gasteiger partial charge is 0.262 e. The third-order valence-electron chi connectivity index (χ3n) is 5.30. The number of anilines is 1. The molecule has 1 saturated carbocycles. The lowest BCUT2D eigenvalue weighted by Crippen LogP contribution is -2.26. The van der Waals surface area contributed by atoms with Crippen LogP contribution in [0, 0.1) is 5.92 Å². The normalized spacial score (nSPS) is 13.9. The molecule has 1 aliphatic carbocycles. The van der Waals surface area contributed by atoms with Gasteiger partial charge in [0.15, 0.2) is 18.1 Å². The molecule has 1 fully saturated rings. The summed E-state index contributed by atoms with van der Waals surface area (Å²) in [6.07, 6.45) is 6.64. The molecule has 2 N–H and O–H groups in total. The van der Waals surface area contributed by atoms with Gasteiger partial charge in [-0.05, 0) is 71.1 Å². The molecule has 0 unspecified atom stereocenters. The Morgan fingerprint density at radius 3 is 2.52 bits per heavy atom.